The lowest BCUT2D eigenvalue weighted by Gasteiger charge is -2.33. The molecule has 1 aliphatic carbocycles. The summed E-state index contributed by atoms with van der Waals surface area (Å²) in [6, 6.07) is 2.55. The summed E-state index contributed by atoms with van der Waals surface area (Å²) < 4.78 is 27.1. The van der Waals surface area contributed by atoms with Gasteiger partial charge in [-0.15, -0.1) is 0 Å². The average Bonchev–Trinajstić information content (AvgIpc) is 3.20. The van der Waals surface area contributed by atoms with Gasteiger partial charge in [-0.3, -0.25) is 9.59 Å². The third-order valence-corrected chi connectivity index (χ3v) is 5.71. The normalized spacial score (nSPS) is 19.6. The number of rotatable bonds is 3. The van der Waals surface area contributed by atoms with Crippen LogP contribution in [0, 0.1) is 17.0 Å². The molecule has 1 saturated heterocycles. The smallest absolute Gasteiger partial charge is 0.268 e. The first-order valence-electron chi connectivity index (χ1n) is 8.94. The molecule has 1 aliphatic heterocycles. The van der Waals surface area contributed by atoms with Crippen molar-refractivity contribution in [2.75, 3.05) is 13.1 Å². The maximum atomic E-state index is 13.8. The molecular formula is C19H21F2N3O2. The second kappa shape index (κ2) is 6.07. The summed E-state index contributed by atoms with van der Waals surface area (Å²) in [5.74, 6) is -2.08. The number of aromatic nitrogens is 1. The molecule has 2 aromatic rings. The lowest BCUT2D eigenvalue weighted by Crippen LogP contribution is -2.49. The average molecular weight is 361 g/mol. The van der Waals surface area contributed by atoms with E-state index in [1.54, 1.807) is 11.8 Å². The summed E-state index contributed by atoms with van der Waals surface area (Å²) in [6.07, 6.45) is 4.59. The van der Waals surface area contributed by atoms with Gasteiger partial charge in [0.05, 0.1) is 5.52 Å². The van der Waals surface area contributed by atoms with Crippen LogP contribution in [0.2, 0.25) is 0 Å². The van der Waals surface area contributed by atoms with Crippen molar-refractivity contribution in [2.24, 2.45) is 5.41 Å². The zero-order valence-corrected chi connectivity index (χ0v) is 14.6. The summed E-state index contributed by atoms with van der Waals surface area (Å²) in [5, 5.41) is 2.79. The molecule has 2 amide bonds. The minimum absolute atomic E-state index is 0.0970. The molecule has 0 bridgehead atoms. The molecule has 1 saturated carbocycles. The molecule has 0 unspecified atom stereocenters. The number of piperidine rings is 1. The first-order chi connectivity index (χ1) is 12.4. The number of nitrogens with zero attached hydrogens (tertiary/aromatic N) is 1. The highest BCUT2D eigenvalue weighted by Crippen LogP contribution is 2.53. The summed E-state index contributed by atoms with van der Waals surface area (Å²) in [7, 11) is 0. The van der Waals surface area contributed by atoms with E-state index in [2.05, 4.69) is 10.3 Å². The number of amides is 2. The van der Waals surface area contributed by atoms with Crippen LogP contribution in [0.5, 0.6) is 0 Å². The van der Waals surface area contributed by atoms with Crippen molar-refractivity contribution in [3.63, 3.8) is 0 Å². The van der Waals surface area contributed by atoms with Crippen molar-refractivity contribution in [1.82, 2.24) is 15.2 Å². The lowest BCUT2D eigenvalue weighted by atomic mass is 9.93. The highest BCUT2D eigenvalue weighted by Gasteiger charge is 2.45. The standard InChI is InChI=1S/C19H21F2N3O2/c1-11(18(26)24-6-4-19(2-3-19)5-7-24)22-17(25)16-10-13-14(21)8-12(20)9-15(13)23-16/h8-11,23H,2-7H2,1H3,(H,22,25)/t11-/m1/s1. The van der Waals surface area contributed by atoms with Crippen LogP contribution in [0.15, 0.2) is 18.2 Å². The van der Waals surface area contributed by atoms with Crippen LogP contribution in [-0.4, -0.2) is 40.8 Å². The second-order valence-electron chi connectivity index (χ2n) is 7.55. The Balaban J connectivity index is 1.42. The Labute approximate surface area is 149 Å². The Bertz CT molecular complexity index is 878. The number of halogens is 2. The van der Waals surface area contributed by atoms with Gasteiger partial charge in [0.1, 0.15) is 23.4 Å². The number of carbonyl (C=O) groups excluding carboxylic acids is 2. The van der Waals surface area contributed by atoms with Gasteiger partial charge in [0.25, 0.3) is 5.91 Å². The van der Waals surface area contributed by atoms with Gasteiger partial charge in [0.15, 0.2) is 0 Å². The zero-order chi connectivity index (χ0) is 18.5. The van der Waals surface area contributed by atoms with E-state index in [0.29, 0.717) is 5.41 Å². The topological polar surface area (TPSA) is 65.2 Å². The van der Waals surface area contributed by atoms with Gasteiger partial charge in [-0.2, -0.15) is 0 Å². The fourth-order valence-electron chi connectivity index (χ4n) is 3.77. The number of aromatic amines is 1. The van der Waals surface area contributed by atoms with Crippen LogP contribution in [0.25, 0.3) is 10.9 Å². The SMILES string of the molecule is C[C@@H](NC(=O)c1cc2c(F)cc(F)cc2[nH]1)C(=O)N1CCC2(CC1)CC2. The van der Waals surface area contributed by atoms with E-state index in [4.69, 9.17) is 0 Å². The minimum Gasteiger partial charge on any atom is -0.350 e. The molecule has 0 radical (unpaired) electrons. The second-order valence-corrected chi connectivity index (χ2v) is 7.55. The molecule has 26 heavy (non-hydrogen) atoms. The first-order valence-corrected chi connectivity index (χ1v) is 8.94. The Morgan fingerprint density at radius 1 is 1.15 bits per heavy atom. The highest BCUT2D eigenvalue weighted by atomic mass is 19.1. The summed E-state index contributed by atoms with van der Waals surface area (Å²) in [6.45, 7) is 3.11. The highest BCUT2D eigenvalue weighted by molar-refractivity contribution is 6.00. The van der Waals surface area contributed by atoms with Crippen LogP contribution >= 0.6 is 0 Å². The van der Waals surface area contributed by atoms with Crippen LogP contribution in [0.3, 0.4) is 0 Å². The maximum absolute atomic E-state index is 13.8. The predicted molar refractivity (Wildman–Crippen MR) is 92.6 cm³/mol. The van der Waals surface area contributed by atoms with Crippen molar-refractivity contribution in [3.8, 4) is 0 Å². The molecule has 2 N–H and O–H groups in total. The van der Waals surface area contributed by atoms with E-state index in [9.17, 15) is 18.4 Å². The molecule has 2 heterocycles. The zero-order valence-electron chi connectivity index (χ0n) is 14.6. The number of hydrogen-bond acceptors (Lipinski definition) is 2. The van der Waals surface area contributed by atoms with Gasteiger partial charge < -0.3 is 15.2 Å². The molecule has 1 aromatic carbocycles. The lowest BCUT2D eigenvalue weighted by molar-refractivity contribution is -0.134. The Morgan fingerprint density at radius 3 is 2.50 bits per heavy atom. The molecule has 5 nitrogen and oxygen atoms in total. The summed E-state index contributed by atoms with van der Waals surface area (Å²) in [5.41, 5.74) is 0.782. The largest absolute Gasteiger partial charge is 0.350 e. The maximum Gasteiger partial charge on any atom is 0.268 e. The number of benzene rings is 1. The number of nitrogens with one attached hydrogen (secondary N) is 2. The van der Waals surface area contributed by atoms with Crippen molar-refractivity contribution < 1.29 is 18.4 Å². The van der Waals surface area contributed by atoms with Crippen LogP contribution in [0.4, 0.5) is 8.78 Å². The van der Waals surface area contributed by atoms with Gasteiger partial charge in [-0.25, -0.2) is 8.78 Å². The molecule has 7 heteroatoms. The number of H-pyrrole nitrogens is 1. The van der Waals surface area contributed by atoms with E-state index in [-0.39, 0.29) is 22.5 Å². The molecule has 2 aliphatic rings. The fourth-order valence-corrected chi connectivity index (χ4v) is 3.77. The third-order valence-electron chi connectivity index (χ3n) is 5.71. The number of hydrogen-bond donors (Lipinski definition) is 2. The Hall–Kier alpha value is -2.44. The van der Waals surface area contributed by atoms with Crippen molar-refractivity contribution >= 4 is 22.7 Å². The summed E-state index contributed by atoms with van der Waals surface area (Å²) >= 11 is 0. The van der Waals surface area contributed by atoms with Gasteiger partial charge >= 0.3 is 0 Å². The van der Waals surface area contributed by atoms with E-state index in [1.165, 1.54) is 18.9 Å². The monoisotopic (exact) mass is 361 g/mol. The van der Waals surface area contributed by atoms with Crippen LogP contribution < -0.4 is 5.32 Å². The van der Waals surface area contributed by atoms with Gasteiger partial charge in [0.2, 0.25) is 5.91 Å². The van der Waals surface area contributed by atoms with Gasteiger partial charge in [-0.05, 0) is 50.2 Å². The number of fused-ring (bicyclic) bond motifs is 1. The van der Waals surface area contributed by atoms with E-state index in [0.717, 1.165) is 38.1 Å². The molecule has 138 valence electrons. The molecule has 1 spiro atoms. The number of carbonyl (C=O) groups is 2. The van der Waals surface area contributed by atoms with E-state index < -0.39 is 23.6 Å². The van der Waals surface area contributed by atoms with Gasteiger partial charge in [0, 0.05) is 24.5 Å². The number of likely N-dealkylation sites (tertiary alicyclic amines) is 1. The molecule has 1 atom stereocenters. The Morgan fingerprint density at radius 2 is 1.85 bits per heavy atom. The molecule has 1 aromatic heterocycles. The molecule has 2 fully saturated rings. The molecular weight excluding hydrogens is 340 g/mol. The van der Waals surface area contributed by atoms with Crippen molar-refractivity contribution in [1.29, 1.82) is 0 Å². The fraction of sp³-hybridized carbons (Fsp3) is 0.474. The van der Waals surface area contributed by atoms with E-state index >= 15 is 0 Å². The quantitative estimate of drug-likeness (QED) is 0.883. The van der Waals surface area contributed by atoms with Crippen molar-refractivity contribution in [2.45, 2.75) is 38.6 Å². The van der Waals surface area contributed by atoms with Gasteiger partial charge in [-0.1, -0.05) is 0 Å². The summed E-state index contributed by atoms with van der Waals surface area (Å²) in [4.78, 5) is 29.5. The minimum atomic E-state index is -0.734. The Kier molecular flexibility index (Phi) is 3.97. The third kappa shape index (κ3) is 3.06. The first kappa shape index (κ1) is 17.0. The van der Waals surface area contributed by atoms with Crippen LogP contribution in [-0.2, 0) is 4.79 Å². The van der Waals surface area contributed by atoms with E-state index in [1.807, 2.05) is 0 Å². The molecule has 4 rings (SSSR count). The predicted octanol–water partition coefficient (Wildman–Crippen LogP) is 2.97. The van der Waals surface area contributed by atoms with Crippen LogP contribution in [0.1, 0.15) is 43.1 Å². The van der Waals surface area contributed by atoms with Crippen molar-refractivity contribution in [3.05, 3.63) is 35.5 Å².